The van der Waals surface area contributed by atoms with Gasteiger partial charge in [0.15, 0.2) is 0 Å². The first kappa shape index (κ1) is 14.4. The molecule has 0 aromatic rings. The molecule has 15 heavy (non-hydrogen) atoms. The van der Waals surface area contributed by atoms with Crippen molar-refractivity contribution in [3.63, 3.8) is 0 Å². The fourth-order valence-electron chi connectivity index (χ4n) is 1.39. The van der Waals surface area contributed by atoms with E-state index in [4.69, 9.17) is 0 Å². The Hall–Kier alpha value is -0.560. The van der Waals surface area contributed by atoms with Crippen LogP contribution in [0.5, 0.6) is 0 Å². The molecule has 0 atom stereocenters. The number of hydrogen-bond acceptors (Lipinski definition) is 1. The summed E-state index contributed by atoms with van der Waals surface area (Å²) in [5.74, 6) is 0. The Balaban J connectivity index is 3.54. The van der Waals surface area contributed by atoms with E-state index in [2.05, 4.69) is 45.7 Å². The van der Waals surface area contributed by atoms with Crippen molar-refractivity contribution >= 4 is 0 Å². The Morgan fingerprint density at radius 1 is 1.27 bits per heavy atom. The van der Waals surface area contributed by atoms with Gasteiger partial charge in [0.25, 0.3) is 0 Å². The Morgan fingerprint density at radius 3 is 2.47 bits per heavy atom. The highest BCUT2D eigenvalue weighted by atomic mass is 14.9. The molecule has 1 N–H and O–H groups in total. The minimum absolute atomic E-state index is 0.241. The molecule has 0 aliphatic carbocycles. The standard InChI is InChI=1S/C14H27N/c1-6-7-8-10-13(2)11-9-12-15-14(3,4)5/h6,11,15H,1,7-10,12H2,2-5H3. The van der Waals surface area contributed by atoms with Crippen molar-refractivity contribution in [3.05, 3.63) is 24.3 Å². The molecule has 88 valence electrons. The molecule has 0 saturated carbocycles. The van der Waals surface area contributed by atoms with E-state index in [0.717, 1.165) is 19.4 Å². The van der Waals surface area contributed by atoms with Crippen LogP contribution in [0.15, 0.2) is 24.3 Å². The number of nitrogens with one attached hydrogen (secondary N) is 1. The maximum absolute atomic E-state index is 3.73. The average molecular weight is 209 g/mol. The third-order valence-corrected chi connectivity index (χ3v) is 2.27. The van der Waals surface area contributed by atoms with Gasteiger partial charge in [-0.05, 0) is 59.9 Å². The normalized spacial score (nSPS) is 12.9. The van der Waals surface area contributed by atoms with Crippen molar-refractivity contribution < 1.29 is 0 Å². The van der Waals surface area contributed by atoms with Crippen LogP contribution in [-0.2, 0) is 0 Å². The minimum Gasteiger partial charge on any atom is -0.312 e. The van der Waals surface area contributed by atoms with Crippen LogP contribution < -0.4 is 5.32 Å². The van der Waals surface area contributed by atoms with Gasteiger partial charge in [-0.25, -0.2) is 0 Å². The van der Waals surface area contributed by atoms with Gasteiger partial charge in [-0.2, -0.15) is 0 Å². The highest BCUT2D eigenvalue weighted by Crippen LogP contribution is 2.07. The minimum atomic E-state index is 0.241. The Kier molecular flexibility index (Phi) is 7.41. The quantitative estimate of drug-likeness (QED) is 0.492. The van der Waals surface area contributed by atoms with Gasteiger partial charge in [0.1, 0.15) is 0 Å². The Labute approximate surface area is 95.7 Å². The lowest BCUT2D eigenvalue weighted by Gasteiger charge is -2.19. The molecule has 0 unspecified atom stereocenters. The maximum atomic E-state index is 3.73. The largest absolute Gasteiger partial charge is 0.312 e. The molecule has 0 aromatic carbocycles. The van der Waals surface area contributed by atoms with E-state index in [0.29, 0.717) is 0 Å². The van der Waals surface area contributed by atoms with Crippen LogP contribution in [0.1, 0.15) is 53.4 Å². The third kappa shape index (κ3) is 11.4. The van der Waals surface area contributed by atoms with E-state index in [1.54, 1.807) is 0 Å². The van der Waals surface area contributed by atoms with Gasteiger partial charge < -0.3 is 5.32 Å². The monoisotopic (exact) mass is 209 g/mol. The van der Waals surface area contributed by atoms with E-state index in [1.165, 1.54) is 18.4 Å². The second-order valence-electron chi connectivity index (χ2n) is 5.20. The summed E-state index contributed by atoms with van der Waals surface area (Å²) in [6, 6.07) is 0. The summed E-state index contributed by atoms with van der Waals surface area (Å²) in [6.07, 6.45) is 9.05. The van der Waals surface area contributed by atoms with Crippen LogP contribution in [-0.4, -0.2) is 12.1 Å². The van der Waals surface area contributed by atoms with Gasteiger partial charge in [0.2, 0.25) is 0 Å². The summed E-state index contributed by atoms with van der Waals surface area (Å²) in [6.45, 7) is 13.6. The van der Waals surface area contributed by atoms with Gasteiger partial charge in [0, 0.05) is 5.54 Å². The fourth-order valence-corrected chi connectivity index (χ4v) is 1.39. The molecule has 0 aliphatic heterocycles. The van der Waals surface area contributed by atoms with Crippen molar-refractivity contribution in [1.29, 1.82) is 0 Å². The second-order valence-corrected chi connectivity index (χ2v) is 5.20. The first-order chi connectivity index (χ1) is 6.95. The molecular formula is C14H27N. The number of unbranched alkanes of at least 4 members (excludes halogenated alkanes) is 1. The van der Waals surface area contributed by atoms with Crippen molar-refractivity contribution in [2.75, 3.05) is 6.54 Å². The molecule has 0 rings (SSSR count). The second kappa shape index (κ2) is 7.70. The average Bonchev–Trinajstić information content (AvgIpc) is 2.11. The topological polar surface area (TPSA) is 12.0 Å². The summed E-state index contributed by atoms with van der Waals surface area (Å²) in [5, 5.41) is 3.48. The summed E-state index contributed by atoms with van der Waals surface area (Å²) in [5.41, 5.74) is 1.75. The highest BCUT2D eigenvalue weighted by molar-refractivity contribution is 4.98. The molecule has 0 bridgehead atoms. The lowest BCUT2D eigenvalue weighted by molar-refractivity contribution is 0.431. The predicted molar refractivity (Wildman–Crippen MR) is 70.2 cm³/mol. The van der Waals surface area contributed by atoms with Crippen LogP contribution in [0.4, 0.5) is 0 Å². The number of allylic oxidation sites excluding steroid dienone is 2. The lowest BCUT2D eigenvalue weighted by atomic mass is 10.1. The van der Waals surface area contributed by atoms with Gasteiger partial charge in [0.05, 0.1) is 0 Å². The van der Waals surface area contributed by atoms with Crippen molar-refractivity contribution in [2.45, 2.75) is 58.9 Å². The first-order valence-electron chi connectivity index (χ1n) is 5.97. The third-order valence-electron chi connectivity index (χ3n) is 2.27. The summed E-state index contributed by atoms with van der Waals surface area (Å²) in [4.78, 5) is 0. The van der Waals surface area contributed by atoms with Crippen LogP contribution in [0.2, 0.25) is 0 Å². The SMILES string of the molecule is C=CCCCC(C)=CCCNC(C)(C)C. The molecule has 1 nitrogen and oxygen atoms in total. The smallest absolute Gasteiger partial charge is 0.00966 e. The van der Waals surface area contributed by atoms with Crippen molar-refractivity contribution in [1.82, 2.24) is 5.32 Å². The molecule has 0 radical (unpaired) electrons. The maximum Gasteiger partial charge on any atom is 0.00966 e. The highest BCUT2D eigenvalue weighted by Gasteiger charge is 2.06. The molecule has 0 aliphatic rings. The predicted octanol–water partition coefficient (Wildman–Crippen LogP) is 4.07. The van der Waals surface area contributed by atoms with E-state index < -0.39 is 0 Å². The molecule has 0 spiro atoms. The van der Waals surface area contributed by atoms with Gasteiger partial charge in [-0.3, -0.25) is 0 Å². The lowest BCUT2D eigenvalue weighted by Crippen LogP contribution is -2.36. The van der Waals surface area contributed by atoms with E-state index in [9.17, 15) is 0 Å². The molecule has 0 aromatic heterocycles. The van der Waals surface area contributed by atoms with E-state index in [-0.39, 0.29) is 5.54 Å². The molecule has 0 fully saturated rings. The first-order valence-corrected chi connectivity index (χ1v) is 5.97. The van der Waals surface area contributed by atoms with Crippen molar-refractivity contribution in [3.8, 4) is 0 Å². The van der Waals surface area contributed by atoms with E-state index >= 15 is 0 Å². The number of rotatable bonds is 7. The Morgan fingerprint density at radius 2 is 1.93 bits per heavy atom. The van der Waals surface area contributed by atoms with Gasteiger partial charge >= 0.3 is 0 Å². The summed E-state index contributed by atoms with van der Waals surface area (Å²) >= 11 is 0. The molecule has 0 amide bonds. The zero-order valence-electron chi connectivity index (χ0n) is 10.9. The van der Waals surface area contributed by atoms with Crippen molar-refractivity contribution in [2.24, 2.45) is 0 Å². The van der Waals surface area contributed by atoms with Crippen LogP contribution in [0.25, 0.3) is 0 Å². The zero-order valence-corrected chi connectivity index (χ0v) is 10.9. The molecule has 1 heteroatoms. The number of hydrogen-bond donors (Lipinski definition) is 1. The van der Waals surface area contributed by atoms with E-state index in [1.807, 2.05) is 6.08 Å². The van der Waals surface area contributed by atoms with Gasteiger partial charge in [-0.1, -0.05) is 17.7 Å². The molecule has 0 saturated heterocycles. The molecule has 0 heterocycles. The fraction of sp³-hybridized carbons (Fsp3) is 0.714. The van der Waals surface area contributed by atoms with Crippen LogP contribution in [0.3, 0.4) is 0 Å². The molecular weight excluding hydrogens is 182 g/mol. The Bertz CT molecular complexity index is 196. The van der Waals surface area contributed by atoms with Crippen LogP contribution in [0, 0.1) is 0 Å². The summed E-state index contributed by atoms with van der Waals surface area (Å²) < 4.78 is 0. The zero-order chi connectivity index (χ0) is 11.7. The van der Waals surface area contributed by atoms with Gasteiger partial charge in [-0.15, -0.1) is 6.58 Å². The van der Waals surface area contributed by atoms with Crippen LogP contribution >= 0.6 is 0 Å². The summed E-state index contributed by atoms with van der Waals surface area (Å²) in [7, 11) is 0.